The molecule has 0 spiro atoms. The molecule has 0 saturated heterocycles. The highest BCUT2D eigenvalue weighted by molar-refractivity contribution is 6.30. The average molecular weight is 157 g/mol. The molecule has 0 heterocycles. The molecule has 56 valence electrons. The van der Waals surface area contributed by atoms with Gasteiger partial charge in [0.1, 0.15) is 0 Å². The Kier molecular flexibility index (Phi) is 3.01. The zero-order chi connectivity index (χ0) is 7.40. The van der Waals surface area contributed by atoms with Crippen molar-refractivity contribution >= 4 is 11.6 Å². The first-order valence-electron chi connectivity index (χ1n) is 3.88. The van der Waals surface area contributed by atoms with E-state index in [2.05, 4.69) is 19.1 Å². The van der Waals surface area contributed by atoms with E-state index >= 15 is 0 Å². The van der Waals surface area contributed by atoms with E-state index in [0.29, 0.717) is 0 Å². The summed E-state index contributed by atoms with van der Waals surface area (Å²) in [6.45, 7) is 2.18. The van der Waals surface area contributed by atoms with Gasteiger partial charge in [-0.2, -0.15) is 0 Å². The minimum Gasteiger partial charge on any atom is -0.0888 e. The predicted octanol–water partition coefficient (Wildman–Crippen LogP) is 3.63. The normalized spacial score (nSPS) is 18.2. The molecule has 0 radical (unpaired) electrons. The van der Waals surface area contributed by atoms with Gasteiger partial charge in [-0.1, -0.05) is 37.1 Å². The summed E-state index contributed by atoms with van der Waals surface area (Å²) in [6.07, 6.45) is 8.86. The van der Waals surface area contributed by atoms with Gasteiger partial charge in [-0.3, -0.25) is 0 Å². The molecule has 0 atom stereocenters. The van der Waals surface area contributed by atoms with E-state index in [9.17, 15) is 0 Å². The Morgan fingerprint density at radius 3 is 3.00 bits per heavy atom. The Morgan fingerprint density at radius 2 is 2.40 bits per heavy atom. The van der Waals surface area contributed by atoms with Crippen LogP contribution in [0.2, 0.25) is 0 Å². The standard InChI is InChI=1S/C9H13Cl/c1-2-5-8-6-3-4-7-9(8)10/h3,6H,2,4-5,7H2,1H3. The van der Waals surface area contributed by atoms with Crippen LogP contribution in [0.4, 0.5) is 0 Å². The Hall–Kier alpha value is -0.230. The van der Waals surface area contributed by atoms with Gasteiger partial charge in [0, 0.05) is 5.03 Å². The highest BCUT2D eigenvalue weighted by atomic mass is 35.5. The molecule has 0 unspecified atom stereocenters. The van der Waals surface area contributed by atoms with Crippen LogP contribution in [0.3, 0.4) is 0 Å². The Morgan fingerprint density at radius 1 is 1.60 bits per heavy atom. The summed E-state index contributed by atoms with van der Waals surface area (Å²) in [5.74, 6) is 0. The van der Waals surface area contributed by atoms with Crippen molar-refractivity contribution in [3.8, 4) is 0 Å². The highest BCUT2D eigenvalue weighted by Crippen LogP contribution is 2.24. The van der Waals surface area contributed by atoms with Crippen molar-refractivity contribution in [2.75, 3.05) is 0 Å². The monoisotopic (exact) mass is 156 g/mol. The van der Waals surface area contributed by atoms with Gasteiger partial charge in [-0.25, -0.2) is 0 Å². The zero-order valence-electron chi connectivity index (χ0n) is 6.36. The molecule has 0 aromatic carbocycles. The second-order valence-corrected chi connectivity index (χ2v) is 3.08. The van der Waals surface area contributed by atoms with Gasteiger partial charge in [0.25, 0.3) is 0 Å². The summed E-state index contributed by atoms with van der Waals surface area (Å²) in [7, 11) is 0. The average Bonchev–Trinajstić information content (AvgIpc) is 1.94. The van der Waals surface area contributed by atoms with Gasteiger partial charge in [0.2, 0.25) is 0 Å². The first-order valence-corrected chi connectivity index (χ1v) is 4.26. The maximum absolute atomic E-state index is 5.99. The largest absolute Gasteiger partial charge is 0.0888 e. The van der Waals surface area contributed by atoms with Crippen LogP contribution in [0.1, 0.15) is 32.6 Å². The number of hydrogen-bond donors (Lipinski definition) is 0. The highest BCUT2D eigenvalue weighted by Gasteiger charge is 2.03. The molecule has 1 aliphatic rings. The van der Waals surface area contributed by atoms with Gasteiger partial charge in [0.05, 0.1) is 0 Å². The quantitative estimate of drug-likeness (QED) is 0.573. The zero-order valence-corrected chi connectivity index (χ0v) is 7.12. The fourth-order valence-corrected chi connectivity index (χ4v) is 1.44. The van der Waals surface area contributed by atoms with Crippen LogP contribution in [0, 0.1) is 0 Å². The van der Waals surface area contributed by atoms with E-state index in [4.69, 9.17) is 11.6 Å². The van der Waals surface area contributed by atoms with E-state index < -0.39 is 0 Å². The van der Waals surface area contributed by atoms with Gasteiger partial charge in [-0.05, 0) is 24.8 Å². The van der Waals surface area contributed by atoms with Crippen molar-refractivity contribution in [3.05, 3.63) is 22.8 Å². The van der Waals surface area contributed by atoms with Crippen molar-refractivity contribution < 1.29 is 0 Å². The maximum Gasteiger partial charge on any atom is 0.0215 e. The third kappa shape index (κ3) is 1.88. The molecule has 0 bridgehead atoms. The van der Waals surface area contributed by atoms with Gasteiger partial charge in [-0.15, -0.1) is 0 Å². The SMILES string of the molecule is CCCC1=C(Cl)CCC=C1. The fraction of sp³-hybridized carbons (Fsp3) is 0.556. The Labute approximate surface area is 67.6 Å². The molecular weight excluding hydrogens is 144 g/mol. The molecule has 0 aliphatic heterocycles. The molecule has 0 saturated carbocycles. The molecule has 0 fully saturated rings. The number of hydrogen-bond acceptors (Lipinski definition) is 0. The van der Waals surface area contributed by atoms with E-state index in [-0.39, 0.29) is 0 Å². The van der Waals surface area contributed by atoms with Crippen molar-refractivity contribution in [2.24, 2.45) is 0 Å². The lowest BCUT2D eigenvalue weighted by Crippen LogP contribution is -1.88. The van der Waals surface area contributed by atoms with Crippen LogP contribution in [-0.2, 0) is 0 Å². The third-order valence-electron chi connectivity index (χ3n) is 1.72. The number of allylic oxidation sites excluding steroid dienone is 4. The van der Waals surface area contributed by atoms with Crippen molar-refractivity contribution in [1.82, 2.24) is 0 Å². The Balaban J connectivity index is 2.60. The summed E-state index contributed by atoms with van der Waals surface area (Å²) in [6, 6.07) is 0. The number of rotatable bonds is 2. The third-order valence-corrected chi connectivity index (χ3v) is 2.15. The minimum atomic E-state index is 1.05. The second-order valence-electron chi connectivity index (χ2n) is 2.62. The summed E-state index contributed by atoms with van der Waals surface area (Å²) >= 11 is 5.99. The van der Waals surface area contributed by atoms with Crippen molar-refractivity contribution in [2.45, 2.75) is 32.6 Å². The molecule has 1 heteroatoms. The van der Waals surface area contributed by atoms with E-state index in [1.54, 1.807) is 0 Å². The lowest BCUT2D eigenvalue weighted by molar-refractivity contribution is 0.885. The lowest BCUT2D eigenvalue weighted by Gasteiger charge is -2.08. The molecule has 1 rings (SSSR count). The molecule has 0 nitrogen and oxygen atoms in total. The van der Waals surface area contributed by atoms with Crippen LogP contribution < -0.4 is 0 Å². The molecule has 0 aromatic heterocycles. The van der Waals surface area contributed by atoms with Crippen LogP contribution in [0.15, 0.2) is 22.8 Å². The molecule has 0 amide bonds. The Bertz CT molecular complexity index is 166. The molecule has 10 heavy (non-hydrogen) atoms. The van der Waals surface area contributed by atoms with Crippen LogP contribution in [-0.4, -0.2) is 0 Å². The van der Waals surface area contributed by atoms with Crippen LogP contribution >= 0.6 is 11.6 Å². The van der Waals surface area contributed by atoms with Gasteiger partial charge < -0.3 is 0 Å². The van der Waals surface area contributed by atoms with Crippen molar-refractivity contribution in [3.63, 3.8) is 0 Å². The molecule has 0 N–H and O–H groups in total. The van der Waals surface area contributed by atoms with E-state index in [1.807, 2.05) is 0 Å². The molecular formula is C9H13Cl. The summed E-state index contributed by atoms with van der Waals surface area (Å²) in [4.78, 5) is 0. The molecule has 0 aromatic rings. The first kappa shape index (κ1) is 7.87. The summed E-state index contributed by atoms with van der Waals surface area (Å²) < 4.78 is 0. The smallest absolute Gasteiger partial charge is 0.0215 e. The molecule has 1 aliphatic carbocycles. The fourth-order valence-electron chi connectivity index (χ4n) is 1.17. The second kappa shape index (κ2) is 3.82. The maximum atomic E-state index is 5.99. The van der Waals surface area contributed by atoms with Crippen LogP contribution in [0.25, 0.3) is 0 Å². The van der Waals surface area contributed by atoms with Gasteiger partial charge >= 0.3 is 0 Å². The van der Waals surface area contributed by atoms with E-state index in [0.717, 1.165) is 24.3 Å². The lowest BCUT2D eigenvalue weighted by atomic mass is 10.0. The van der Waals surface area contributed by atoms with Crippen LogP contribution in [0.5, 0.6) is 0 Å². The predicted molar refractivity (Wildman–Crippen MR) is 46.2 cm³/mol. The van der Waals surface area contributed by atoms with Gasteiger partial charge in [0.15, 0.2) is 0 Å². The first-order chi connectivity index (χ1) is 4.84. The number of halogens is 1. The van der Waals surface area contributed by atoms with E-state index in [1.165, 1.54) is 12.0 Å². The topological polar surface area (TPSA) is 0 Å². The van der Waals surface area contributed by atoms with Crippen molar-refractivity contribution in [1.29, 1.82) is 0 Å². The summed E-state index contributed by atoms with van der Waals surface area (Å²) in [5.41, 5.74) is 1.34. The minimum absolute atomic E-state index is 1.05. The summed E-state index contributed by atoms with van der Waals surface area (Å²) in [5, 5.41) is 1.07.